The van der Waals surface area contributed by atoms with Crippen LogP contribution in [0.25, 0.3) is 0 Å². The van der Waals surface area contributed by atoms with Gasteiger partial charge in [0.1, 0.15) is 11.2 Å². The van der Waals surface area contributed by atoms with E-state index in [1.807, 2.05) is 0 Å². The highest BCUT2D eigenvalue weighted by atomic mass is 35.5. The minimum absolute atomic E-state index is 0.0489. The number of benzene rings is 2. The number of hydrogen-bond donors (Lipinski definition) is 2. The van der Waals surface area contributed by atoms with E-state index in [9.17, 15) is 22.8 Å². The smallest absolute Gasteiger partial charge is 0.240 e. The Morgan fingerprint density at radius 2 is 1.36 bits per heavy atom. The summed E-state index contributed by atoms with van der Waals surface area (Å²) >= 11 is 5.65. The maximum Gasteiger partial charge on any atom is 0.240 e. The fraction of sp³-hybridized carbons (Fsp3) is 0.176. The number of anilines is 2. The number of halogens is 4. The lowest BCUT2D eigenvalue weighted by Crippen LogP contribution is -2.35. The monoisotopic (exact) mass is 368 g/mol. The van der Waals surface area contributed by atoms with Gasteiger partial charge in [0.2, 0.25) is 11.8 Å². The molecule has 2 amide bonds. The molecule has 1 saturated carbocycles. The van der Waals surface area contributed by atoms with Crippen LogP contribution in [0.2, 0.25) is 5.02 Å². The highest BCUT2D eigenvalue weighted by molar-refractivity contribution is 6.31. The molecule has 2 aromatic rings. The van der Waals surface area contributed by atoms with Crippen LogP contribution in [0.1, 0.15) is 12.8 Å². The van der Waals surface area contributed by atoms with Crippen molar-refractivity contribution < 1.29 is 22.8 Å². The Hall–Kier alpha value is -2.54. The van der Waals surface area contributed by atoms with Gasteiger partial charge in [-0.15, -0.1) is 0 Å². The van der Waals surface area contributed by atoms with Gasteiger partial charge < -0.3 is 10.6 Å². The van der Waals surface area contributed by atoms with Crippen molar-refractivity contribution in [3.63, 3.8) is 0 Å². The SMILES string of the molecule is O=C(Nc1ccc(F)c(F)c1)C1(C(=O)Nc2ccc(F)c(Cl)c2)CC1. The Kier molecular flexibility index (Phi) is 4.43. The molecule has 0 spiro atoms. The van der Waals surface area contributed by atoms with E-state index in [1.165, 1.54) is 18.2 Å². The lowest BCUT2D eigenvalue weighted by atomic mass is 10.0. The molecule has 1 aliphatic carbocycles. The number of amides is 2. The molecule has 0 atom stereocenters. The number of carbonyl (C=O) groups excluding carboxylic acids is 2. The first kappa shape index (κ1) is 17.3. The zero-order chi connectivity index (χ0) is 18.2. The van der Waals surface area contributed by atoms with E-state index in [2.05, 4.69) is 10.6 Å². The van der Waals surface area contributed by atoms with E-state index in [0.717, 1.165) is 18.2 Å². The predicted octanol–water partition coefficient (Wildman–Crippen LogP) is 4.11. The first-order chi connectivity index (χ1) is 11.8. The maximum atomic E-state index is 13.2. The summed E-state index contributed by atoms with van der Waals surface area (Å²) in [6.45, 7) is 0. The second kappa shape index (κ2) is 6.40. The van der Waals surface area contributed by atoms with Crippen molar-refractivity contribution in [1.82, 2.24) is 0 Å². The largest absolute Gasteiger partial charge is 0.325 e. The molecule has 1 fully saturated rings. The third-order valence-corrected chi connectivity index (χ3v) is 4.26. The number of carbonyl (C=O) groups is 2. The van der Waals surface area contributed by atoms with E-state index in [0.29, 0.717) is 12.8 Å². The zero-order valence-electron chi connectivity index (χ0n) is 12.7. The molecule has 3 rings (SSSR count). The van der Waals surface area contributed by atoms with Gasteiger partial charge in [0.15, 0.2) is 11.6 Å². The predicted molar refractivity (Wildman–Crippen MR) is 86.7 cm³/mol. The average molecular weight is 369 g/mol. The van der Waals surface area contributed by atoms with Gasteiger partial charge in [-0.05, 0) is 43.2 Å². The fourth-order valence-corrected chi connectivity index (χ4v) is 2.51. The Morgan fingerprint density at radius 3 is 1.84 bits per heavy atom. The van der Waals surface area contributed by atoms with Crippen LogP contribution < -0.4 is 10.6 Å². The summed E-state index contributed by atoms with van der Waals surface area (Å²) in [6, 6.07) is 6.57. The van der Waals surface area contributed by atoms with Crippen LogP contribution in [0, 0.1) is 22.9 Å². The van der Waals surface area contributed by atoms with Crippen LogP contribution in [-0.4, -0.2) is 11.8 Å². The molecule has 0 unspecified atom stereocenters. The van der Waals surface area contributed by atoms with Crippen molar-refractivity contribution >= 4 is 34.8 Å². The standard InChI is InChI=1S/C17H12ClF3N2O2/c18-11-7-9(1-3-12(11)19)22-15(24)17(5-6-17)16(25)23-10-2-4-13(20)14(21)8-10/h1-4,7-8H,5-6H2,(H,22,24)(H,23,25). The topological polar surface area (TPSA) is 58.2 Å². The number of rotatable bonds is 4. The van der Waals surface area contributed by atoms with Gasteiger partial charge in [-0.25, -0.2) is 13.2 Å². The minimum Gasteiger partial charge on any atom is -0.325 e. The van der Waals surface area contributed by atoms with Gasteiger partial charge in [-0.3, -0.25) is 9.59 Å². The molecule has 25 heavy (non-hydrogen) atoms. The maximum absolute atomic E-state index is 13.2. The van der Waals surface area contributed by atoms with Gasteiger partial charge in [-0.1, -0.05) is 11.6 Å². The van der Waals surface area contributed by atoms with Crippen molar-refractivity contribution in [1.29, 1.82) is 0 Å². The lowest BCUT2D eigenvalue weighted by molar-refractivity contribution is -0.131. The molecular weight excluding hydrogens is 357 g/mol. The Morgan fingerprint density at radius 1 is 0.840 bits per heavy atom. The Balaban J connectivity index is 1.72. The molecule has 2 aromatic carbocycles. The van der Waals surface area contributed by atoms with Crippen LogP contribution >= 0.6 is 11.6 Å². The van der Waals surface area contributed by atoms with Gasteiger partial charge >= 0.3 is 0 Å². The molecule has 0 bridgehead atoms. The molecule has 2 N–H and O–H groups in total. The van der Waals surface area contributed by atoms with Gasteiger partial charge in [0, 0.05) is 17.4 Å². The van der Waals surface area contributed by atoms with E-state index in [4.69, 9.17) is 11.6 Å². The second-order valence-corrected chi connectivity index (χ2v) is 6.16. The Bertz CT molecular complexity index is 801. The van der Waals surface area contributed by atoms with E-state index in [1.54, 1.807) is 0 Å². The van der Waals surface area contributed by atoms with Crippen molar-refractivity contribution in [2.24, 2.45) is 5.41 Å². The fourth-order valence-electron chi connectivity index (χ4n) is 2.33. The Labute approximate surface area is 146 Å². The summed E-state index contributed by atoms with van der Waals surface area (Å²) in [7, 11) is 0. The van der Waals surface area contributed by atoms with Crippen molar-refractivity contribution in [3.05, 3.63) is 58.9 Å². The first-order valence-corrected chi connectivity index (χ1v) is 7.73. The van der Waals surface area contributed by atoms with Crippen LogP contribution in [0.3, 0.4) is 0 Å². The summed E-state index contributed by atoms with van der Waals surface area (Å²) in [5.74, 6) is -3.96. The third-order valence-electron chi connectivity index (χ3n) is 3.97. The number of hydrogen-bond acceptors (Lipinski definition) is 2. The van der Waals surface area contributed by atoms with Gasteiger partial charge in [0.05, 0.1) is 5.02 Å². The van der Waals surface area contributed by atoms with E-state index >= 15 is 0 Å². The molecule has 0 aromatic heterocycles. The highest BCUT2D eigenvalue weighted by Crippen LogP contribution is 2.47. The van der Waals surface area contributed by atoms with Crippen LogP contribution in [-0.2, 0) is 9.59 Å². The molecule has 0 saturated heterocycles. The van der Waals surface area contributed by atoms with Crippen LogP contribution in [0.5, 0.6) is 0 Å². The van der Waals surface area contributed by atoms with E-state index in [-0.39, 0.29) is 16.4 Å². The third kappa shape index (κ3) is 3.46. The van der Waals surface area contributed by atoms with Crippen molar-refractivity contribution in [2.45, 2.75) is 12.8 Å². The van der Waals surface area contributed by atoms with Crippen molar-refractivity contribution in [2.75, 3.05) is 10.6 Å². The molecule has 8 heteroatoms. The lowest BCUT2D eigenvalue weighted by Gasteiger charge is -2.16. The summed E-state index contributed by atoms with van der Waals surface area (Å²) < 4.78 is 39.3. The molecule has 0 aliphatic heterocycles. The summed E-state index contributed by atoms with van der Waals surface area (Å²) in [5.41, 5.74) is -0.998. The van der Waals surface area contributed by atoms with Crippen LogP contribution in [0.4, 0.5) is 24.5 Å². The molecule has 4 nitrogen and oxygen atoms in total. The highest BCUT2D eigenvalue weighted by Gasteiger charge is 2.56. The summed E-state index contributed by atoms with van der Waals surface area (Å²) in [4.78, 5) is 24.8. The van der Waals surface area contributed by atoms with Crippen molar-refractivity contribution in [3.8, 4) is 0 Å². The molecule has 0 heterocycles. The minimum atomic E-state index is -1.30. The average Bonchev–Trinajstić information content (AvgIpc) is 3.36. The molecule has 0 radical (unpaired) electrons. The van der Waals surface area contributed by atoms with Crippen LogP contribution in [0.15, 0.2) is 36.4 Å². The quantitative estimate of drug-likeness (QED) is 0.798. The second-order valence-electron chi connectivity index (χ2n) is 5.75. The van der Waals surface area contributed by atoms with E-state index < -0.39 is 34.7 Å². The van der Waals surface area contributed by atoms with Gasteiger partial charge in [-0.2, -0.15) is 0 Å². The van der Waals surface area contributed by atoms with Gasteiger partial charge in [0.25, 0.3) is 0 Å². The molecular formula is C17H12ClF3N2O2. The summed E-state index contributed by atoms with van der Waals surface area (Å²) in [6.07, 6.45) is 0.618. The molecule has 1 aliphatic rings. The summed E-state index contributed by atoms with van der Waals surface area (Å²) in [5, 5.41) is 4.76. The number of nitrogens with one attached hydrogen (secondary N) is 2. The zero-order valence-corrected chi connectivity index (χ0v) is 13.5. The first-order valence-electron chi connectivity index (χ1n) is 7.35. The normalized spacial score (nSPS) is 14.7. The molecule has 130 valence electrons.